The van der Waals surface area contributed by atoms with Gasteiger partial charge < -0.3 is 5.32 Å². The van der Waals surface area contributed by atoms with Gasteiger partial charge in [-0.05, 0) is 29.7 Å². The summed E-state index contributed by atoms with van der Waals surface area (Å²) in [5, 5.41) is 3.34. The maximum absolute atomic E-state index is 4.24. The van der Waals surface area contributed by atoms with Gasteiger partial charge in [0.2, 0.25) is 0 Å². The van der Waals surface area contributed by atoms with Crippen LogP contribution in [-0.2, 0) is 0 Å². The van der Waals surface area contributed by atoms with E-state index in [9.17, 15) is 0 Å². The molecule has 0 saturated carbocycles. The number of hydrogen-bond acceptors (Lipinski definition) is 2. The zero-order chi connectivity index (χ0) is 11.4. The topological polar surface area (TPSA) is 24.9 Å². The lowest BCUT2D eigenvalue weighted by Gasteiger charge is -2.09. The van der Waals surface area contributed by atoms with Crippen molar-refractivity contribution in [3.63, 3.8) is 0 Å². The molecule has 0 unspecified atom stereocenters. The summed E-state index contributed by atoms with van der Waals surface area (Å²) in [6.07, 6.45) is 3.76. The van der Waals surface area contributed by atoms with Crippen LogP contribution in [-0.4, -0.2) is 4.98 Å². The number of pyridine rings is 1. The predicted molar refractivity (Wildman–Crippen MR) is 68.1 cm³/mol. The van der Waals surface area contributed by atoms with E-state index in [1.165, 1.54) is 5.56 Å². The molecule has 0 aliphatic rings. The van der Waals surface area contributed by atoms with E-state index in [1.807, 2.05) is 42.7 Å². The van der Waals surface area contributed by atoms with Gasteiger partial charge in [0.1, 0.15) is 0 Å². The third kappa shape index (κ3) is 2.60. The molecule has 0 saturated heterocycles. The molecule has 0 amide bonds. The third-order valence-corrected chi connectivity index (χ3v) is 2.49. The van der Waals surface area contributed by atoms with E-state index in [-0.39, 0.29) is 0 Å². The second-order valence-corrected chi connectivity index (χ2v) is 4.15. The highest BCUT2D eigenvalue weighted by Crippen LogP contribution is 2.20. The van der Waals surface area contributed by atoms with Gasteiger partial charge in [-0.25, -0.2) is 0 Å². The summed E-state index contributed by atoms with van der Waals surface area (Å²) >= 11 is 0. The van der Waals surface area contributed by atoms with Crippen LogP contribution in [0.5, 0.6) is 0 Å². The average molecular weight is 212 g/mol. The first-order chi connectivity index (χ1) is 7.75. The maximum atomic E-state index is 4.24. The smallest absolute Gasteiger partial charge is 0.0573 e. The first-order valence-electron chi connectivity index (χ1n) is 5.53. The van der Waals surface area contributed by atoms with Crippen LogP contribution in [0.15, 0.2) is 48.8 Å². The minimum Gasteiger partial charge on any atom is -0.354 e. The van der Waals surface area contributed by atoms with Crippen LogP contribution < -0.4 is 5.32 Å². The number of para-hydroxylation sites is 1. The van der Waals surface area contributed by atoms with Crippen molar-refractivity contribution in [2.24, 2.45) is 0 Å². The summed E-state index contributed by atoms with van der Waals surface area (Å²) in [4.78, 5) is 4.24. The van der Waals surface area contributed by atoms with E-state index in [4.69, 9.17) is 0 Å². The maximum Gasteiger partial charge on any atom is 0.0573 e. The minimum atomic E-state index is 0.505. The molecule has 1 heterocycles. The second-order valence-electron chi connectivity index (χ2n) is 4.15. The van der Waals surface area contributed by atoms with Gasteiger partial charge in [-0.15, -0.1) is 0 Å². The van der Waals surface area contributed by atoms with Crippen LogP contribution in [0.1, 0.15) is 25.3 Å². The molecule has 0 radical (unpaired) electrons. The van der Waals surface area contributed by atoms with Crippen molar-refractivity contribution in [3.05, 3.63) is 54.4 Å². The molecule has 1 aromatic carbocycles. The molecular formula is C14H16N2. The Bertz CT molecular complexity index is 449. The fourth-order valence-electron chi connectivity index (χ4n) is 1.53. The SMILES string of the molecule is CC(C)c1cncc(Nc2ccccc2)c1. The summed E-state index contributed by atoms with van der Waals surface area (Å²) in [5.74, 6) is 0.505. The molecule has 2 nitrogen and oxygen atoms in total. The molecule has 0 spiro atoms. The summed E-state index contributed by atoms with van der Waals surface area (Å²) in [6, 6.07) is 12.3. The van der Waals surface area contributed by atoms with Gasteiger partial charge in [0.15, 0.2) is 0 Å². The van der Waals surface area contributed by atoms with Crippen LogP contribution in [0.3, 0.4) is 0 Å². The van der Waals surface area contributed by atoms with Crippen LogP contribution in [0.25, 0.3) is 0 Å². The van der Waals surface area contributed by atoms with Gasteiger partial charge in [-0.2, -0.15) is 0 Å². The highest BCUT2D eigenvalue weighted by Gasteiger charge is 2.01. The van der Waals surface area contributed by atoms with Gasteiger partial charge in [0.25, 0.3) is 0 Å². The minimum absolute atomic E-state index is 0.505. The third-order valence-electron chi connectivity index (χ3n) is 2.49. The molecular weight excluding hydrogens is 196 g/mol. The van der Waals surface area contributed by atoms with Crippen molar-refractivity contribution in [1.29, 1.82) is 0 Å². The Morgan fingerprint density at radius 3 is 2.44 bits per heavy atom. The van der Waals surface area contributed by atoms with E-state index in [1.54, 1.807) is 0 Å². The molecule has 0 bridgehead atoms. The zero-order valence-electron chi connectivity index (χ0n) is 9.64. The lowest BCUT2D eigenvalue weighted by atomic mass is 10.1. The van der Waals surface area contributed by atoms with E-state index in [0.717, 1.165) is 11.4 Å². The molecule has 0 fully saturated rings. The molecule has 2 aromatic rings. The highest BCUT2D eigenvalue weighted by atomic mass is 14.9. The Labute approximate surface area is 96.4 Å². The van der Waals surface area contributed by atoms with E-state index >= 15 is 0 Å². The molecule has 2 heteroatoms. The van der Waals surface area contributed by atoms with Gasteiger partial charge in [-0.1, -0.05) is 32.0 Å². The van der Waals surface area contributed by atoms with E-state index in [0.29, 0.717) is 5.92 Å². The number of nitrogens with zero attached hydrogens (tertiary/aromatic N) is 1. The van der Waals surface area contributed by atoms with Gasteiger partial charge in [0.05, 0.1) is 11.9 Å². The van der Waals surface area contributed by atoms with Crippen LogP contribution in [0.4, 0.5) is 11.4 Å². The van der Waals surface area contributed by atoms with Crippen molar-refractivity contribution in [3.8, 4) is 0 Å². The molecule has 0 aliphatic heterocycles. The predicted octanol–water partition coefficient (Wildman–Crippen LogP) is 3.95. The number of nitrogens with one attached hydrogen (secondary N) is 1. The fraction of sp³-hybridized carbons (Fsp3) is 0.214. The Morgan fingerprint density at radius 2 is 1.75 bits per heavy atom. The van der Waals surface area contributed by atoms with Crippen molar-refractivity contribution in [2.45, 2.75) is 19.8 Å². The monoisotopic (exact) mass is 212 g/mol. The molecule has 82 valence electrons. The number of rotatable bonds is 3. The average Bonchev–Trinajstić information content (AvgIpc) is 2.30. The van der Waals surface area contributed by atoms with Crippen LogP contribution in [0, 0.1) is 0 Å². The Balaban J connectivity index is 2.19. The van der Waals surface area contributed by atoms with Crippen LogP contribution in [0.2, 0.25) is 0 Å². The molecule has 2 rings (SSSR count). The number of hydrogen-bond donors (Lipinski definition) is 1. The Morgan fingerprint density at radius 1 is 1.00 bits per heavy atom. The van der Waals surface area contributed by atoms with Gasteiger partial charge in [-0.3, -0.25) is 4.98 Å². The summed E-state index contributed by atoms with van der Waals surface area (Å²) in [6.45, 7) is 4.34. The quantitative estimate of drug-likeness (QED) is 0.833. The standard InChI is InChI=1S/C14H16N2/c1-11(2)12-8-14(10-15-9-12)16-13-6-4-3-5-7-13/h3-11,16H,1-2H3. The van der Waals surface area contributed by atoms with Crippen LogP contribution >= 0.6 is 0 Å². The van der Waals surface area contributed by atoms with Gasteiger partial charge >= 0.3 is 0 Å². The first-order valence-corrected chi connectivity index (χ1v) is 5.53. The normalized spacial score (nSPS) is 10.4. The summed E-state index contributed by atoms with van der Waals surface area (Å²) in [7, 11) is 0. The Kier molecular flexibility index (Phi) is 3.20. The lowest BCUT2D eigenvalue weighted by Crippen LogP contribution is -1.94. The number of anilines is 2. The zero-order valence-corrected chi connectivity index (χ0v) is 9.64. The molecule has 0 aliphatic carbocycles. The fourth-order valence-corrected chi connectivity index (χ4v) is 1.53. The Hall–Kier alpha value is -1.83. The molecule has 1 N–H and O–H groups in total. The largest absolute Gasteiger partial charge is 0.354 e. The number of aromatic nitrogens is 1. The highest BCUT2D eigenvalue weighted by molar-refractivity contribution is 5.59. The molecule has 16 heavy (non-hydrogen) atoms. The second kappa shape index (κ2) is 4.79. The van der Waals surface area contributed by atoms with E-state index < -0.39 is 0 Å². The first kappa shape index (κ1) is 10.7. The molecule has 0 atom stereocenters. The van der Waals surface area contributed by atoms with Crippen molar-refractivity contribution in [2.75, 3.05) is 5.32 Å². The lowest BCUT2D eigenvalue weighted by molar-refractivity contribution is 0.859. The van der Waals surface area contributed by atoms with Gasteiger partial charge in [0, 0.05) is 11.9 Å². The van der Waals surface area contributed by atoms with E-state index in [2.05, 4.69) is 30.2 Å². The van der Waals surface area contributed by atoms with Crippen molar-refractivity contribution in [1.82, 2.24) is 4.98 Å². The molecule has 1 aromatic heterocycles. The van der Waals surface area contributed by atoms with Crippen molar-refractivity contribution >= 4 is 11.4 Å². The summed E-state index contributed by atoms with van der Waals surface area (Å²) < 4.78 is 0. The number of benzene rings is 1. The summed E-state index contributed by atoms with van der Waals surface area (Å²) in [5.41, 5.74) is 3.38. The van der Waals surface area contributed by atoms with Crippen molar-refractivity contribution < 1.29 is 0 Å².